The predicted octanol–water partition coefficient (Wildman–Crippen LogP) is 2.08. The van der Waals surface area contributed by atoms with Crippen molar-refractivity contribution in [1.29, 1.82) is 0 Å². The smallest absolute Gasteiger partial charge is 0.252 e. The Morgan fingerprint density at radius 3 is 2.40 bits per heavy atom. The summed E-state index contributed by atoms with van der Waals surface area (Å²) in [6.45, 7) is 3.86. The first-order valence-corrected chi connectivity index (χ1v) is 10.4. The van der Waals surface area contributed by atoms with Crippen molar-refractivity contribution in [1.82, 2.24) is 14.3 Å². The van der Waals surface area contributed by atoms with E-state index in [1.54, 1.807) is 12.1 Å². The van der Waals surface area contributed by atoms with Gasteiger partial charge in [-0.05, 0) is 19.1 Å². The Labute approximate surface area is 156 Å². The Morgan fingerprint density at radius 2 is 1.84 bits per heavy atom. The number of hydrogen-bond acceptors (Lipinski definition) is 7. The van der Waals surface area contributed by atoms with E-state index < -0.39 is 10.0 Å². The summed E-state index contributed by atoms with van der Waals surface area (Å²) in [5.41, 5.74) is 0. The summed E-state index contributed by atoms with van der Waals surface area (Å²) in [4.78, 5) is 12.9. The number of sulfonamides is 1. The Bertz CT molecular complexity index is 861. The lowest BCUT2D eigenvalue weighted by Crippen LogP contribution is -2.48. The largest absolute Gasteiger partial charge is 0.363 e. The normalized spacial score (nSPS) is 16.2. The first kappa shape index (κ1) is 18.4. The molecule has 0 radical (unpaired) electrons. The van der Waals surface area contributed by atoms with Gasteiger partial charge in [0.1, 0.15) is 21.7 Å². The van der Waals surface area contributed by atoms with Gasteiger partial charge < -0.3 is 9.80 Å². The molecule has 0 amide bonds. The molecular formula is C15H20ClN5O2S2. The number of hydrogen-bond donors (Lipinski definition) is 0. The van der Waals surface area contributed by atoms with Crippen LogP contribution in [-0.2, 0) is 10.0 Å². The van der Waals surface area contributed by atoms with E-state index in [0.29, 0.717) is 40.5 Å². The van der Waals surface area contributed by atoms with Gasteiger partial charge in [-0.1, -0.05) is 11.6 Å². The van der Waals surface area contributed by atoms with E-state index in [1.165, 1.54) is 4.31 Å². The molecule has 25 heavy (non-hydrogen) atoms. The Kier molecular flexibility index (Phi) is 5.19. The molecule has 0 aliphatic carbocycles. The highest BCUT2D eigenvalue weighted by Crippen LogP contribution is 2.29. The zero-order valence-corrected chi connectivity index (χ0v) is 16.7. The van der Waals surface area contributed by atoms with Gasteiger partial charge in [-0.15, -0.1) is 11.3 Å². The van der Waals surface area contributed by atoms with Crippen LogP contribution in [0.5, 0.6) is 0 Å². The first-order valence-electron chi connectivity index (χ1n) is 7.81. The van der Waals surface area contributed by atoms with E-state index in [9.17, 15) is 8.42 Å². The van der Waals surface area contributed by atoms with Gasteiger partial charge in [0.2, 0.25) is 0 Å². The van der Waals surface area contributed by atoms with Gasteiger partial charge >= 0.3 is 0 Å². The van der Waals surface area contributed by atoms with E-state index >= 15 is 0 Å². The second kappa shape index (κ2) is 7.06. The van der Waals surface area contributed by atoms with Crippen LogP contribution in [0.25, 0.3) is 0 Å². The molecule has 0 bridgehead atoms. The number of piperazine rings is 1. The lowest BCUT2D eigenvalue weighted by atomic mass is 10.3. The van der Waals surface area contributed by atoms with Crippen molar-refractivity contribution in [2.24, 2.45) is 0 Å². The average molecular weight is 402 g/mol. The molecule has 7 nitrogen and oxygen atoms in total. The van der Waals surface area contributed by atoms with E-state index in [1.807, 2.05) is 32.0 Å². The van der Waals surface area contributed by atoms with Crippen LogP contribution in [0.3, 0.4) is 0 Å². The molecule has 1 fully saturated rings. The molecule has 3 heterocycles. The van der Waals surface area contributed by atoms with Crippen molar-refractivity contribution in [2.45, 2.75) is 11.1 Å². The number of aryl methyl sites for hydroxylation is 1. The van der Waals surface area contributed by atoms with Gasteiger partial charge in [-0.2, -0.15) is 4.31 Å². The molecular weight excluding hydrogens is 382 g/mol. The van der Waals surface area contributed by atoms with Crippen molar-refractivity contribution in [3.63, 3.8) is 0 Å². The minimum Gasteiger partial charge on any atom is -0.363 e. The molecule has 3 rings (SSSR count). The third-order valence-electron chi connectivity index (χ3n) is 3.97. The summed E-state index contributed by atoms with van der Waals surface area (Å²) in [6, 6.07) is 5.10. The maximum absolute atomic E-state index is 12.7. The van der Waals surface area contributed by atoms with Crippen LogP contribution in [-0.4, -0.2) is 63.0 Å². The number of halogens is 1. The number of anilines is 2. The zero-order chi connectivity index (χ0) is 18.2. The highest BCUT2D eigenvalue weighted by Gasteiger charge is 2.30. The molecule has 0 N–H and O–H groups in total. The summed E-state index contributed by atoms with van der Waals surface area (Å²) >= 11 is 6.96. The van der Waals surface area contributed by atoms with Crippen LogP contribution >= 0.6 is 22.9 Å². The summed E-state index contributed by atoms with van der Waals surface area (Å²) in [5.74, 6) is 2.36. The quantitative estimate of drug-likeness (QED) is 0.781. The average Bonchev–Trinajstić information content (AvgIpc) is 3.01. The summed E-state index contributed by atoms with van der Waals surface area (Å²) < 4.78 is 27.6. The Balaban J connectivity index is 1.74. The highest BCUT2D eigenvalue weighted by atomic mass is 35.5. The van der Waals surface area contributed by atoms with Gasteiger partial charge in [0.05, 0.1) is 4.34 Å². The predicted molar refractivity (Wildman–Crippen MR) is 101 cm³/mol. The fraction of sp³-hybridized carbons (Fsp3) is 0.467. The van der Waals surface area contributed by atoms with Crippen molar-refractivity contribution in [3.05, 3.63) is 28.4 Å². The molecule has 0 aromatic carbocycles. The molecule has 0 saturated carbocycles. The molecule has 1 aliphatic heterocycles. The molecule has 10 heteroatoms. The van der Waals surface area contributed by atoms with Gasteiger partial charge in [-0.25, -0.2) is 18.4 Å². The van der Waals surface area contributed by atoms with Gasteiger partial charge in [0.25, 0.3) is 10.0 Å². The molecule has 1 aliphatic rings. The maximum atomic E-state index is 12.7. The minimum atomic E-state index is -3.48. The van der Waals surface area contributed by atoms with E-state index in [4.69, 9.17) is 11.6 Å². The fourth-order valence-electron chi connectivity index (χ4n) is 2.65. The van der Waals surface area contributed by atoms with Crippen molar-refractivity contribution >= 4 is 44.6 Å². The second-order valence-electron chi connectivity index (χ2n) is 5.98. The molecule has 2 aromatic rings. The van der Waals surface area contributed by atoms with Gasteiger partial charge in [0.15, 0.2) is 0 Å². The van der Waals surface area contributed by atoms with Crippen LogP contribution in [0, 0.1) is 6.92 Å². The summed E-state index contributed by atoms with van der Waals surface area (Å²) in [7, 11) is 0.389. The van der Waals surface area contributed by atoms with E-state index in [-0.39, 0.29) is 0 Å². The van der Waals surface area contributed by atoms with Crippen molar-refractivity contribution in [2.75, 3.05) is 50.1 Å². The topological polar surface area (TPSA) is 69.6 Å². The van der Waals surface area contributed by atoms with Crippen LogP contribution in [0.2, 0.25) is 4.34 Å². The molecule has 136 valence electrons. The van der Waals surface area contributed by atoms with Crippen molar-refractivity contribution in [3.8, 4) is 0 Å². The SMILES string of the molecule is Cc1nc(N(C)C)cc(N2CCN(S(=O)(=O)c3ccc(Cl)s3)CC2)n1. The van der Waals surface area contributed by atoms with Crippen molar-refractivity contribution < 1.29 is 8.42 Å². The number of rotatable bonds is 4. The third-order valence-corrected chi connectivity index (χ3v) is 7.57. The van der Waals surface area contributed by atoms with E-state index in [0.717, 1.165) is 23.0 Å². The molecule has 0 unspecified atom stereocenters. The molecule has 2 aromatic heterocycles. The van der Waals surface area contributed by atoms with Crippen LogP contribution in [0.15, 0.2) is 22.4 Å². The van der Waals surface area contributed by atoms with Gasteiger partial charge in [0, 0.05) is 46.3 Å². The Hall–Kier alpha value is -1.42. The zero-order valence-electron chi connectivity index (χ0n) is 14.3. The Morgan fingerprint density at radius 1 is 1.16 bits per heavy atom. The lowest BCUT2D eigenvalue weighted by Gasteiger charge is -2.34. The number of thiophene rings is 1. The maximum Gasteiger partial charge on any atom is 0.252 e. The molecule has 0 atom stereocenters. The standard InChI is InChI=1S/C15H20ClN5O2S2/c1-11-17-13(19(2)3)10-14(18-11)20-6-8-21(9-7-20)25(22,23)15-5-4-12(16)24-15/h4-5,10H,6-9H2,1-3H3. The highest BCUT2D eigenvalue weighted by molar-refractivity contribution is 7.91. The van der Waals surface area contributed by atoms with Crippen LogP contribution in [0.1, 0.15) is 5.82 Å². The second-order valence-corrected chi connectivity index (χ2v) is 9.86. The fourth-order valence-corrected chi connectivity index (χ4v) is 5.71. The van der Waals surface area contributed by atoms with Gasteiger partial charge in [-0.3, -0.25) is 0 Å². The lowest BCUT2D eigenvalue weighted by molar-refractivity contribution is 0.384. The van der Waals surface area contributed by atoms with Crippen LogP contribution in [0.4, 0.5) is 11.6 Å². The molecule has 0 spiro atoms. The monoisotopic (exact) mass is 401 g/mol. The van der Waals surface area contributed by atoms with E-state index in [2.05, 4.69) is 14.9 Å². The summed E-state index contributed by atoms with van der Waals surface area (Å²) in [6.07, 6.45) is 0. The summed E-state index contributed by atoms with van der Waals surface area (Å²) in [5, 5.41) is 0. The first-order chi connectivity index (χ1) is 11.8. The third kappa shape index (κ3) is 3.89. The van der Waals surface area contributed by atoms with Crippen LogP contribution < -0.4 is 9.80 Å². The minimum absolute atomic E-state index is 0.290. The molecule has 1 saturated heterocycles. The number of nitrogens with zero attached hydrogens (tertiary/aromatic N) is 5. The number of aromatic nitrogens is 2.